The monoisotopic (exact) mass is 299 g/mol. The molecule has 0 aliphatic carbocycles. The zero-order valence-corrected chi connectivity index (χ0v) is 12.9. The lowest BCUT2D eigenvalue weighted by molar-refractivity contribution is 0.165. The first kappa shape index (κ1) is 15.1. The highest BCUT2D eigenvalue weighted by molar-refractivity contribution is 7.84. The molecule has 1 aromatic rings. The van der Waals surface area contributed by atoms with Crippen molar-refractivity contribution < 1.29 is 18.4 Å². The lowest BCUT2D eigenvalue weighted by Crippen LogP contribution is -2.30. The van der Waals surface area contributed by atoms with Gasteiger partial charge in [-0.15, -0.1) is 0 Å². The second-order valence-corrected chi connectivity index (χ2v) is 6.32. The highest BCUT2D eigenvalue weighted by Crippen LogP contribution is 2.40. The highest BCUT2D eigenvalue weighted by atomic mass is 32.2. The summed E-state index contributed by atoms with van der Waals surface area (Å²) >= 11 is 0. The van der Waals surface area contributed by atoms with E-state index in [1.807, 2.05) is 19.1 Å². The summed E-state index contributed by atoms with van der Waals surface area (Å²) in [5.41, 5.74) is 1.06. The molecule has 0 spiro atoms. The summed E-state index contributed by atoms with van der Waals surface area (Å²) in [6.45, 7) is 3.79. The molecule has 0 bridgehead atoms. The standard InChI is InChI=1S/C14H21NO4S/c1-10(9-20(3)16)15-8-11-6-12(17-2)14-13(7-11)18-4-5-19-14/h6-7,10,15H,4-5,8-9H2,1-3H3. The normalized spacial score (nSPS) is 16.6. The van der Waals surface area contributed by atoms with Crippen molar-refractivity contribution in [1.82, 2.24) is 5.32 Å². The molecule has 0 saturated heterocycles. The third-order valence-electron chi connectivity index (χ3n) is 3.03. The van der Waals surface area contributed by atoms with Crippen molar-refractivity contribution in [1.29, 1.82) is 0 Å². The number of hydrogen-bond acceptors (Lipinski definition) is 5. The molecule has 0 radical (unpaired) electrons. The van der Waals surface area contributed by atoms with E-state index < -0.39 is 10.8 Å². The van der Waals surface area contributed by atoms with Crippen molar-refractivity contribution >= 4 is 10.8 Å². The van der Waals surface area contributed by atoms with Gasteiger partial charge in [0.1, 0.15) is 13.2 Å². The predicted octanol–water partition coefficient (Wildman–Crippen LogP) is 1.32. The first-order valence-electron chi connectivity index (χ1n) is 6.60. The molecule has 112 valence electrons. The molecule has 2 rings (SSSR count). The zero-order valence-electron chi connectivity index (χ0n) is 12.1. The largest absolute Gasteiger partial charge is 0.493 e. The smallest absolute Gasteiger partial charge is 0.203 e. The Labute approximate surface area is 122 Å². The molecule has 1 aliphatic rings. The quantitative estimate of drug-likeness (QED) is 0.858. The molecule has 0 fully saturated rings. The Morgan fingerprint density at radius 3 is 2.85 bits per heavy atom. The van der Waals surface area contributed by atoms with Crippen LogP contribution in [0.25, 0.3) is 0 Å². The molecule has 1 aliphatic heterocycles. The number of methoxy groups -OCH3 is 1. The van der Waals surface area contributed by atoms with Crippen LogP contribution in [-0.2, 0) is 17.3 Å². The minimum absolute atomic E-state index is 0.194. The summed E-state index contributed by atoms with van der Waals surface area (Å²) in [6, 6.07) is 4.09. The van der Waals surface area contributed by atoms with Gasteiger partial charge in [-0.25, -0.2) is 0 Å². The maximum Gasteiger partial charge on any atom is 0.203 e. The number of fused-ring (bicyclic) bond motifs is 1. The van der Waals surface area contributed by atoms with Gasteiger partial charge in [-0.3, -0.25) is 4.21 Å². The zero-order chi connectivity index (χ0) is 14.5. The maximum atomic E-state index is 11.2. The summed E-state index contributed by atoms with van der Waals surface area (Å²) in [5, 5.41) is 3.34. The fourth-order valence-electron chi connectivity index (χ4n) is 2.13. The highest BCUT2D eigenvalue weighted by Gasteiger charge is 2.18. The molecular formula is C14H21NO4S. The lowest BCUT2D eigenvalue weighted by Gasteiger charge is -2.22. The van der Waals surface area contributed by atoms with E-state index in [1.165, 1.54) is 0 Å². The summed E-state index contributed by atoms with van der Waals surface area (Å²) in [7, 11) is 0.825. The van der Waals surface area contributed by atoms with E-state index in [1.54, 1.807) is 13.4 Å². The van der Waals surface area contributed by atoms with Gasteiger partial charge in [-0.05, 0) is 24.6 Å². The lowest BCUT2D eigenvalue weighted by atomic mass is 10.1. The summed E-state index contributed by atoms with van der Waals surface area (Å²) < 4.78 is 27.7. The van der Waals surface area contributed by atoms with Crippen LogP contribution in [0.1, 0.15) is 12.5 Å². The van der Waals surface area contributed by atoms with Crippen LogP contribution in [0.4, 0.5) is 0 Å². The summed E-state index contributed by atoms with van der Waals surface area (Å²) in [6.07, 6.45) is 1.71. The molecule has 0 aromatic heterocycles. The number of nitrogens with one attached hydrogen (secondary N) is 1. The van der Waals surface area contributed by atoms with Crippen LogP contribution >= 0.6 is 0 Å². The molecule has 1 N–H and O–H groups in total. The minimum Gasteiger partial charge on any atom is -0.493 e. The Bertz CT molecular complexity index is 475. The molecule has 2 unspecified atom stereocenters. The molecule has 1 heterocycles. The van der Waals surface area contributed by atoms with Crippen LogP contribution in [0.5, 0.6) is 17.2 Å². The maximum absolute atomic E-state index is 11.2. The van der Waals surface area contributed by atoms with Crippen molar-refractivity contribution in [3.8, 4) is 17.2 Å². The second kappa shape index (κ2) is 6.95. The molecule has 20 heavy (non-hydrogen) atoms. The van der Waals surface area contributed by atoms with Gasteiger partial charge >= 0.3 is 0 Å². The van der Waals surface area contributed by atoms with E-state index in [2.05, 4.69) is 5.32 Å². The van der Waals surface area contributed by atoms with Gasteiger partial charge in [0, 0.05) is 35.4 Å². The molecule has 5 nitrogen and oxygen atoms in total. The SMILES string of the molecule is COc1cc(CNC(C)CS(C)=O)cc2c1OCCO2. The first-order valence-corrected chi connectivity index (χ1v) is 8.32. The van der Waals surface area contributed by atoms with Gasteiger partial charge in [-0.1, -0.05) is 0 Å². The fourth-order valence-corrected chi connectivity index (χ4v) is 2.95. The van der Waals surface area contributed by atoms with E-state index in [0.29, 0.717) is 37.0 Å². The summed E-state index contributed by atoms with van der Waals surface area (Å²) in [4.78, 5) is 0. The van der Waals surface area contributed by atoms with E-state index in [0.717, 1.165) is 11.3 Å². The molecule has 1 aromatic carbocycles. The van der Waals surface area contributed by atoms with E-state index in [9.17, 15) is 4.21 Å². The Morgan fingerprint density at radius 1 is 1.40 bits per heavy atom. The third kappa shape index (κ3) is 3.86. The van der Waals surface area contributed by atoms with Crippen LogP contribution < -0.4 is 19.5 Å². The van der Waals surface area contributed by atoms with Gasteiger partial charge in [0.2, 0.25) is 5.75 Å². The van der Waals surface area contributed by atoms with Gasteiger partial charge in [0.05, 0.1) is 7.11 Å². The predicted molar refractivity (Wildman–Crippen MR) is 79.2 cm³/mol. The van der Waals surface area contributed by atoms with Crippen LogP contribution in [-0.4, -0.2) is 42.6 Å². The van der Waals surface area contributed by atoms with Crippen molar-refractivity contribution in [2.45, 2.75) is 19.5 Å². The van der Waals surface area contributed by atoms with Crippen molar-refractivity contribution in [3.05, 3.63) is 17.7 Å². The van der Waals surface area contributed by atoms with Crippen LogP contribution in [0.3, 0.4) is 0 Å². The first-order chi connectivity index (χ1) is 9.60. The minimum atomic E-state index is -0.793. The molecule has 6 heteroatoms. The Balaban J connectivity index is 2.06. The average molecular weight is 299 g/mol. The number of ether oxygens (including phenoxy) is 3. The number of benzene rings is 1. The average Bonchev–Trinajstić information content (AvgIpc) is 2.43. The van der Waals surface area contributed by atoms with Crippen molar-refractivity contribution in [3.63, 3.8) is 0 Å². The van der Waals surface area contributed by atoms with Gasteiger partial charge in [0.25, 0.3) is 0 Å². The Morgan fingerprint density at radius 2 is 2.15 bits per heavy atom. The summed E-state index contributed by atoms with van der Waals surface area (Å²) in [5.74, 6) is 2.72. The van der Waals surface area contributed by atoms with Crippen molar-refractivity contribution in [2.24, 2.45) is 0 Å². The topological polar surface area (TPSA) is 56.8 Å². The number of hydrogen-bond donors (Lipinski definition) is 1. The van der Waals surface area contributed by atoms with E-state index >= 15 is 0 Å². The molecule has 0 amide bonds. The van der Waals surface area contributed by atoms with Gasteiger partial charge in [0.15, 0.2) is 11.5 Å². The van der Waals surface area contributed by atoms with Gasteiger partial charge in [-0.2, -0.15) is 0 Å². The van der Waals surface area contributed by atoms with Crippen molar-refractivity contribution in [2.75, 3.05) is 32.3 Å². The number of rotatable bonds is 6. The molecular weight excluding hydrogens is 278 g/mol. The second-order valence-electron chi connectivity index (χ2n) is 4.84. The van der Waals surface area contributed by atoms with E-state index in [-0.39, 0.29) is 6.04 Å². The van der Waals surface area contributed by atoms with Crippen LogP contribution in [0.2, 0.25) is 0 Å². The van der Waals surface area contributed by atoms with Crippen LogP contribution in [0.15, 0.2) is 12.1 Å². The third-order valence-corrected chi connectivity index (χ3v) is 4.00. The van der Waals surface area contributed by atoms with Crippen LogP contribution in [0, 0.1) is 0 Å². The molecule has 2 atom stereocenters. The Hall–Kier alpha value is -1.27. The van der Waals surface area contributed by atoms with E-state index in [4.69, 9.17) is 14.2 Å². The fraction of sp³-hybridized carbons (Fsp3) is 0.571. The Kier molecular flexibility index (Phi) is 5.25. The van der Waals surface area contributed by atoms with Gasteiger partial charge < -0.3 is 19.5 Å². The molecule has 0 saturated carbocycles.